The van der Waals surface area contributed by atoms with Crippen molar-refractivity contribution in [1.82, 2.24) is 0 Å². The van der Waals surface area contributed by atoms with Crippen molar-refractivity contribution in [2.45, 2.75) is 30.2 Å². The maximum Gasteiger partial charge on any atom is 0.428 e. The van der Waals surface area contributed by atoms with Gasteiger partial charge in [-0.05, 0) is 48.9 Å². The number of carbonyl (C=O) groups is 1. The van der Waals surface area contributed by atoms with Crippen LogP contribution >= 0.6 is 23.2 Å². The van der Waals surface area contributed by atoms with Crippen LogP contribution in [0.2, 0.25) is 0 Å². The Morgan fingerprint density at radius 1 is 0.844 bits per heavy atom. The summed E-state index contributed by atoms with van der Waals surface area (Å²) < 4.78 is 109. The molecule has 0 saturated carbocycles. The molecular formula is C18H12Cl2F8N2O2. The summed E-state index contributed by atoms with van der Waals surface area (Å²) in [7, 11) is 0. The van der Waals surface area contributed by atoms with E-state index in [1.54, 1.807) is 0 Å². The Bertz CT molecular complexity index is 962. The zero-order valence-corrected chi connectivity index (χ0v) is 17.1. The third-order valence-corrected chi connectivity index (χ3v) is 4.29. The van der Waals surface area contributed by atoms with E-state index < -0.39 is 46.1 Å². The monoisotopic (exact) mass is 510 g/mol. The van der Waals surface area contributed by atoms with Gasteiger partial charge in [0.15, 0.2) is 0 Å². The predicted molar refractivity (Wildman–Crippen MR) is 101 cm³/mol. The van der Waals surface area contributed by atoms with Gasteiger partial charge < -0.3 is 15.4 Å². The van der Waals surface area contributed by atoms with Crippen LogP contribution in [0.3, 0.4) is 0 Å². The van der Waals surface area contributed by atoms with E-state index in [-0.39, 0.29) is 23.1 Å². The topological polar surface area (TPSA) is 50.4 Å². The summed E-state index contributed by atoms with van der Waals surface area (Å²) in [5.41, 5.74) is -3.92. The number of amides is 2. The molecule has 4 nitrogen and oxygen atoms in total. The molecule has 2 aromatic rings. The van der Waals surface area contributed by atoms with Crippen LogP contribution in [0.15, 0.2) is 36.4 Å². The minimum atomic E-state index is -5.09. The molecule has 0 spiro atoms. The summed E-state index contributed by atoms with van der Waals surface area (Å²) in [5.74, 6) is -0.333. The first-order valence-electron chi connectivity index (χ1n) is 8.32. The number of rotatable bonds is 5. The summed E-state index contributed by atoms with van der Waals surface area (Å²) in [6, 6.07) is 2.67. The normalized spacial score (nSPS) is 12.6. The van der Waals surface area contributed by atoms with Gasteiger partial charge in [-0.15, -0.1) is 0 Å². The molecule has 2 rings (SSSR count). The second-order valence-corrected chi connectivity index (χ2v) is 7.41. The van der Waals surface area contributed by atoms with Crippen LogP contribution in [0.25, 0.3) is 0 Å². The molecule has 2 N–H and O–H groups in total. The van der Waals surface area contributed by atoms with Gasteiger partial charge in [-0.25, -0.2) is 4.79 Å². The fourth-order valence-electron chi connectivity index (χ4n) is 2.35. The lowest BCUT2D eigenvalue weighted by molar-refractivity contribution is -0.164. The number of hydrogen-bond acceptors (Lipinski definition) is 2. The maximum absolute atomic E-state index is 13.5. The third-order valence-electron chi connectivity index (χ3n) is 3.78. The summed E-state index contributed by atoms with van der Waals surface area (Å²) in [5, 5.41) is 4.02. The third kappa shape index (κ3) is 6.76. The number of urea groups is 1. The second-order valence-electron chi connectivity index (χ2n) is 6.32. The van der Waals surface area contributed by atoms with Gasteiger partial charge in [-0.1, -0.05) is 23.2 Å². The quantitative estimate of drug-likeness (QED) is 0.324. The largest absolute Gasteiger partial charge is 0.430 e. The maximum atomic E-state index is 13.5. The molecule has 2 amide bonds. The molecule has 0 unspecified atom stereocenters. The Kier molecular flexibility index (Phi) is 7.40. The molecule has 14 heteroatoms. The van der Waals surface area contributed by atoms with Crippen molar-refractivity contribution in [3.63, 3.8) is 0 Å². The molecular weight excluding hydrogens is 499 g/mol. The van der Waals surface area contributed by atoms with E-state index in [4.69, 9.17) is 23.2 Å². The average molecular weight is 511 g/mol. The minimum absolute atomic E-state index is 0.0213. The van der Waals surface area contributed by atoms with Crippen molar-refractivity contribution >= 4 is 40.6 Å². The van der Waals surface area contributed by atoms with Gasteiger partial charge in [0.1, 0.15) is 5.75 Å². The molecule has 0 heterocycles. The van der Waals surface area contributed by atoms with Crippen LogP contribution in [0, 0.1) is 6.92 Å². The molecule has 0 radical (unpaired) electrons. The number of aryl methyl sites for hydroxylation is 1. The van der Waals surface area contributed by atoms with Gasteiger partial charge in [0.2, 0.25) is 4.84 Å². The van der Waals surface area contributed by atoms with Crippen LogP contribution < -0.4 is 15.4 Å². The van der Waals surface area contributed by atoms with E-state index in [2.05, 4.69) is 10.1 Å². The lowest BCUT2D eigenvalue weighted by atomic mass is 10.1. The predicted octanol–water partition coefficient (Wildman–Crippen LogP) is 7.45. The zero-order chi connectivity index (χ0) is 24.5. The first kappa shape index (κ1) is 25.8. The lowest BCUT2D eigenvalue weighted by Crippen LogP contribution is -2.32. The highest BCUT2D eigenvalue weighted by atomic mass is 35.5. The first-order valence-corrected chi connectivity index (χ1v) is 9.19. The minimum Gasteiger partial charge on any atom is -0.430 e. The molecule has 32 heavy (non-hydrogen) atoms. The van der Waals surface area contributed by atoms with E-state index in [0.29, 0.717) is 12.1 Å². The van der Waals surface area contributed by atoms with E-state index in [9.17, 15) is 39.9 Å². The number of benzene rings is 2. The Balaban J connectivity index is 2.20. The molecule has 0 aromatic heterocycles. The van der Waals surface area contributed by atoms with Crippen LogP contribution in [0.1, 0.15) is 16.7 Å². The molecule has 0 fully saturated rings. The Hall–Kier alpha value is -2.47. The van der Waals surface area contributed by atoms with Gasteiger partial charge in [-0.3, -0.25) is 0 Å². The first-order chi connectivity index (χ1) is 14.5. The van der Waals surface area contributed by atoms with Gasteiger partial charge in [-0.2, -0.15) is 35.1 Å². The van der Waals surface area contributed by atoms with Crippen molar-refractivity contribution in [1.29, 1.82) is 0 Å². The highest BCUT2D eigenvalue weighted by molar-refractivity contribution is 6.44. The summed E-state index contributed by atoms with van der Waals surface area (Å²) in [6.45, 7) is 1.33. The number of anilines is 2. The van der Waals surface area contributed by atoms with Crippen molar-refractivity contribution in [2.75, 3.05) is 10.6 Å². The highest BCUT2D eigenvalue weighted by Gasteiger charge is 2.40. The van der Waals surface area contributed by atoms with Crippen LogP contribution in [0.4, 0.5) is 51.3 Å². The van der Waals surface area contributed by atoms with Crippen LogP contribution in [-0.2, 0) is 12.4 Å². The number of hydrogen-bond donors (Lipinski definition) is 2. The Labute approximate surface area is 185 Å². The summed E-state index contributed by atoms with van der Waals surface area (Å²) >= 11 is 10.2. The number of ether oxygens (including phenoxy) is 1. The summed E-state index contributed by atoms with van der Waals surface area (Å²) in [4.78, 5) is 9.88. The fourth-order valence-corrected chi connectivity index (χ4v) is 2.44. The number of halogens is 10. The van der Waals surface area contributed by atoms with E-state index in [0.717, 1.165) is 18.2 Å². The van der Waals surface area contributed by atoms with Crippen LogP contribution in [0.5, 0.6) is 5.75 Å². The number of alkyl halides is 10. The van der Waals surface area contributed by atoms with Gasteiger partial charge in [0.25, 0.3) is 0 Å². The molecule has 0 atom stereocenters. The highest BCUT2D eigenvalue weighted by Crippen LogP contribution is 2.38. The molecule has 0 aliphatic heterocycles. The number of carbonyl (C=O) groups excluding carboxylic acids is 1. The standard InChI is InChI=1S/C18H12Cl2F8N2O2/c1-8-4-11(2-3-13(8)32-18(27,28)14(19)20)29-15(31)30-12-6-9(16(21,22)23)5-10(7-12)17(24,25)26/h2-7,14H,1H3,(H2,29,30,31). The van der Waals surface area contributed by atoms with E-state index in [1.165, 1.54) is 6.92 Å². The molecule has 0 bridgehead atoms. The van der Waals surface area contributed by atoms with Gasteiger partial charge in [0, 0.05) is 11.4 Å². The summed E-state index contributed by atoms with van der Waals surface area (Å²) in [6.07, 6.45) is -14.1. The molecule has 0 aliphatic rings. The Morgan fingerprint density at radius 2 is 1.34 bits per heavy atom. The Morgan fingerprint density at radius 3 is 1.78 bits per heavy atom. The van der Waals surface area contributed by atoms with Gasteiger partial charge >= 0.3 is 24.5 Å². The van der Waals surface area contributed by atoms with Crippen molar-refractivity contribution in [2.24, 2.45) is 0 Å². The number of nitrogens with one attached hydrogen (secondary N) is 2. The van der Waals surface area contributed by atoms with Crippen molar-refractivity contribution < 1.29 is 44.7 Å². The second kappa shape index (κ2) is 9.18. The van der Waals surface area contributed by atoms with Gasteiger partial charge in [0.05, 0.1) is 11.1 Å². The SMILES string of the molecule is Cc1cc(NC(=O)Nc2cc(C(F)(F)F)cc(C(F)(F)F)c2)ccc1OC(F)(F)C(Cl)Cl. The van der Waals surface area contributed by atoms with E-state index >= 15 is 0 Å². The van der Waals surface area contributed by atoms with Crippen molar-refractivity contribution in [3.8, 4) is 5.75 Å². The molecule has 0 aliphatic carbocycles. The fraction of sp³-hybridized carbons (Fsp3) is 0.278. The lowest BCUT2D eigenvalue weighted by Gasteiger charge is -2.20. The molecule has 176 valence electrons. The van der Waals surface area contributed by atoms with Crippen molar-refractivity contribution in [3.05, 3.63) is 53.1 Å². The average Bonchev–Trinajstić information content (AvgIpc) is 2.62. The smallest absolute Gasteiger partial charge is 0.428 e. The zero-order valence-electron chi connectivity index (χ0n) is 15.6. The molecule has 0 saturated heterocycles. The molecule has 2 aromatic carbocycles. The van der Waals surface area contributed by atoms with E-state index in [1.807, 2.05) is 5.32 Å². The van der Waals surface area contributed by atoms with Crippen LogP contribution in [-0.4, -0.2) is 17.0 Å².